The number of ether oxygens (including phenoxy) is 1. The van der Waals surface area contributed by atoms with Crippen molar-refractivity contribution < 1.29 is 9.53 Å². The standard InChI is InChI=1S/C27H31N9O2/c28-19-2-1-7-35(16-19)15-18-5-6-29-24(12-18)27(37)33-20-3-4-22(30-14-20)23-13-21-25(34-23)31-17-32-26(21)36-8-10-38-11-9-36/h3-6,12-14,17,19H,1-2,7-11,15-16,28H2,(H,33,37)(H,31,32,34)/t19-/m1/s1. The monoisotopic (exact) mass is 513 g/mol. The van der Waals surface area contributed by atoms with Crippen molar-refractivity contribution in [3.8, 4) is 11.4 Å². The number of hydrogen-bond acceptors (Lipinski definition) is 9. The number of nitrogens with two attached hydrogens (primary N) is 1. The topological polar surface area (TPSA) is 138 Å². The summed E-state index contributed by atoms with van der Waals surface area (Å²) in [5, 5.41) is 3.85. The molecule has 2 saturated heterocycles. The number of H-pyrrole nitrogens is 1. The fraction of sp³-hybridized carbons (Fsp3) is 0.370. The molecule has 0 aromatic carbocycles. The highest BCUT2D eigenvalue weighted by Crippen LogP contribution is 2.28. The summed E-state index contributed by atoms with van der Waals surface area (Å²) in [5.74, 6) is 0.621. The first-order chi connectivity index (χ1) is 18.6. The molecule has 11 nitrogen and oxygen atoms in total. The van der Waals surface area contributed by atoms with Crippen LogP contribution in [0.5, 0.6) is 0 Å². The van der Waals surface area contributed by atoms with Gasteiger partial charge in [-0.15, -0.1) is 0 Å². The van der Waals surface area contributed by atoms with Gasteiger partial charge in [0.2, 0.25) is 0 Å². The van der Waals surface area contributed by atoms with E-state index in [4.69, 9.17) is 10.5 Å². The Morgan fingerprint density at radius 1 is 1.11 bits per heavy atom. The number of aromatic amines is 1. The molecule has 196 valence electrons. The molecule has 6 heterocycles. The smallest absolute Gasteiger partial charge is 0.274 e. The maximum absolute atomic E-state index is 12.9. The molecule has 2 aliphatic heterocycles. The van der Waals surface area contributed by atoms with Gasteiger partial charge in [0.1, 0.15) is 23.5 Å². The highest BCUT2D eigenvalue weighted by atomic mass is 16.5. The number of amides is 1. The van der Waals surface area contributed by atoms with E-state index in [1.54, 1.807) is 18.7 Å². The quantitative estimate of drug-likeness (QED) is 0.355. The van der Waals surface area contributed by atoms with Crippen LogP contribution >= 0.6 is 0 Å². The summed E-state index contributed by atoms with van der Waals surface area (Å²) in [4.78, 5) is 38.5. The van der Waals surface area contributed by atoms with Gasteiger partial charge >= 0.3 is 0 Å². The van der Waals surface area contributed by atoms with E-state index in [9.17, 15) is 4.79 Å². The largest absolute Gasteiger partial charge is 0.378 e. The lowest BCUT2D eigenvalue weighted by molar-refractivity contribution is 0.102. The van der Waals surface area contributed by atoms with Gasteiger partial charge in [-0.25, -0.2) is 9.97 Å². The minimum Gasteiger partial charge on any atom is -0.378 e. The number of fused-ring (bicyclic) bond motifs is 1. The van der Waals surface area contributed by atoms with Crippen LogP contribution in [0, 0.1) is 0 Å². The Morgan fingerprint density at radius 3 is 2.82 bits per heavy atom. The fourth-order valence-corrected chi connectivity index (χ4v) is 5.10. The molecule has 0 unspecified atom stereocenters. The second kappa shape index (κ2) is 10.8. The third-order valence-electron chi connectivity index (χ3n) is 7.02. The number of anilines is 2. The van der Waals surface area contributed by atoms with Gasteiger partial charge in [-0.05, 0) is 55.3 Å². The van der Waals surface area contributed by atoms with E-state index in [1.165, 1.54) is 0 Å². The molecule has 1 amide bonds. The van der Waals surface area contributed by atoms with Gasteiger partial charge in [-0.3, -0.25) is 19.7 Å². The molecule has 0 aliphatic carbocycles. The van der Waals surface area contributed by atoms with E-state index in [1.807, 2.05) is 30.3 Å². The second-order valence-electron chi connectivity index (χ2n) is 9.81. The first-order valence-corrected chi connectivity index (χ1v) is 13.0. The number of carbonyl (C=O) groups excluding carboxylic acids is 1. The number of nitrogens with zero attached hydrogens (tertiary/aromatic N) is 6. The molecule has 0 radical (unpaired) electrons. The Kier molecular flexibility index (Phi) is 6.95. The summed E-state index contributed by atoms with van der Waals surface area (Å²) < 4.78 is 5.47. The van der Waals surface area contributed by atoms with Crippen LogP contribution in [-0.2, 0) is 11.3 Å². The summed E-state index contributed by atoms with van der Waals surface area (Å²) in [6.45, 7) is 5.61. The van der Waals surface area contributed by atoms with Crippen molar-refractivity contribution in [2.24, 2.45) is 5.73 Å². The van der Waals surface area contributed by atoms with Crippen molar-refractivity contribution in [2.45, 2.75) is 25.4 Å². The Bertz CT molecular complexity index is 1420. The van der Waals surface area contributed by atoms with Gasteiger partial charge in [0, 0.05) is 38.4 Å². The zero-order valence-corrected chi connectivity index (χ0v) is 21.1. The molecule has 2 fully saturated rings. The highest BCUT2D eigenvalue weighted by Gasteiger charge is 2.19. The molecule has 4 aromatic heterocycles. The lowest BCUT2D eigenvalue weighted by Gasteiger charge is -2.30. The second-order valence-corrected chi connectivity index (χ2v) is 9.81. The van der Waals surface area contributed by atoms with Crippen LogP contribution in [0.1, 0.15) is 28.9 Å². The van der Waals surface area contributed by atoms with E-state index in [-0.39, 0.29) is 11.9 Å². The van der Waals surface area contributed by atoms with Crippen LogP contribution in [0.2, 0.25) is 0 Å². The summed E-state index contributed by atoms with van der Waals surface area (Å²) in [7, 11) is 0. The lowest BCUT2D eigenvalue weighted by Crippen LogP contribution is -2.42. The number of piperidine rings is 1. The van der Waals surface area contributed by atoms with Crippen LogP contribution in [0.3, 0.4) is 0 Å². The van der Waals surface area contributed by atoms with Crippen LogP contribution in [0.15, 0.2) is 49.1 Å². The summed E-state index contributed by atoms with van der Waals surface area (Å²) in [6.07, 6.45) is 7.07. The molecule has 6 rings (SSSR count). The molecule has 4 N–H and O–H groups in total. The van der Waals surface area contributed by atoms with E-state index in [0.29, 0.717) is 24.6 Å². The summed E-state index contributed by atoms with van der Waals surface area (Å²) in [5.41, 5.74) is 10.5. The molecular formula is C27H31N9O2. The average molecular weight is 514 g/mol. The average Bonchev–Trinajstić information content (AvgIpc) is 3.39. The molecule has 2 aliphatic rings. The van der Waals surface area contributed by atoms with Crippen molar-refractivity contribution in [3.05, 3.63) is 60.3 Å². The maximum atomic E-state index is 12.9. The molecule has 1 atom stereocenters. The normalized spacial score (nSPS) is 18.6. The summed E-state index contributed by atoms with van der Waals surface area (Å²) in [6, 6.07) is 9.72. The Balaban J connectivity index is 1.14. The summed E-state index contributed by atoms with van der Waals surface area (Å²) >= 11 is 0. The van der Waals surface area contributed by atoms with Crippen molar-refractivity contribution in [3.63, 3.8) is 0 Å². The highest BCUT2D eigenvalue weighted by molar-refractivity contribution is 6.03. The van der Waals surface area contributed by atoms with Crippen molar-refractivity contribution in [1.82, 2.24) is 29.8 Å². The number of carbonyl (C=O) groups is 1. The number of aromatic nitrogens is 5. The molecule has 0 spiro atoms. The van der Waals surface area contributed by atoms with Crippen molar-refractivity contribution in [1.29, 1.82) is 0 Å². The van der Waals surface area contributed by atoms with E-state index in [0.717, 1.165) is 79.4 Å². The Hall–Kier alpha value is -3.93. The number of pyridine rings is 2. The minimum absolute atomic E-state index is 0.216. The van der Waals surface area contributed by atoms with Gasteiger partial charge < -0.3 is 25.7 Å². The molecule has 4 aromatic rings. The minimum atomic E-state index is -0.271. The van der Waals surface area contributed by atoms with E-state index < -0.39 is 0 Å². The number of nitrogens with one attached hydrogen (secondary N) is 2. The van der Waals surface area contributed by atoms with E-state index in [2.05, 4.69) is 40.0 Å². The molecular weight excluding hydrogens is 482 g/mol. The van der Waals surface area contributed by atoms with Crippen LogP contribution in [0.4, 0.5) is 11.5 Å². The number of likely N-dealkylation sites (tertiary alicyclic amines) is 1. The van der Waals surface area contributed by atoms with Crippen molar-refractivity contribution >= 4 is 28.4 Å². The first-order valence-electron chi connectivity index (χ1n) is 13.0. The van der Waals surface area contributed by atoms with Gasteiger partial charge in [0.05, 0.1) is 41.9 Å². The number of hydrogen-bond donors (Lipinski definition) is 3. The Morgan fingerprint density at radius 2 is 2.00 bits per heavy atom. The van der Waals surface area contributed by atoms with Crippen molar-refractivity contribution in [2.75, 3.05) is 49.6 Å². The molecule has 0 bridgehead atoms. The zero-order valence-electron chi connectivity index (χ0n) is 21.1. The van der Waals surface area contributed by atoms with E-state index >= 15 is 0 Å². The molecule has 11 heteroatoms. The van der Waals surface area contributed by atoms with Gasteiger partial charge in [-0.1, -0.05) is 0 Å². The Labute approximate surface area is 220 Å². The lowest BCUT2D eigenvalue weighted by atomic mass is 10.1. The third kappa shape index (κ3) is 5.35. The van der Waals surface area contributed by atoms with Crippen LogP contribution in [0.25, 0.3) is 22.4 Å². The van der Waals surface area contributed by atoms with Crippen LogP contribution in [-0.4, -0.2) is 81.2 Å². The number of morpholine rings is 1. The predicted octanol–water partition coefficient (Wildman–Crippen LogP) is 2.43. The van der Waals surface area contributed by atoms with Gasteiger partial charge in [-0.2, -0.15) is 0 Å². The van der Waals surface area contributed by atoms with Gasteiger partial charge in [0.25, 0.3) is 5.91 Å². The van der Waals surface area contributed by atoms with Crippen LogP contribution < -0.4 is 16.0 Å². The first kappa shape index (κ1) is 24.4. The predicted molar refractivity (Wildman–Crippen MR) is 145 cm³/mol. The zero-order chi connectivity index (χ0) is 25.9. The fourth-order valence-electron chi connectivity index (χ4n) is 5.10. The SMILES string of the molecule is N[C@@H]1CCCN(Cc2ccnc(C(=O)Nc3ccc(-c4cc5c(N6CCOCC6)ncnc5[nH]4)nc3)c2)C1. The molecule has 38 heavy (non-hydrogen) atoms. The molecule has 0 saturated carbocycles. The number of rotatable bonds is 6. The third-order valence-corrected chi connectivity index (χ3v) is 7.02. The van der Waals surface area contributed by atoms with Gasteiger partial charge in [0.15, 0.2) is 0 Å². The maximum Gasteiger partial charge on any atom is 0.274 e.